The van der Waals surface area contributed by atoms with Crippen LogP contribution in [0, 0.1) is 0 Å². The number of aliphatic hydroxyl groups excluding tert-OH is 1. The van der Waals surface area contributed by atoms with E-state index in [-0.39, 0.29) is 6.61 Å². The average molecular weight is 230 g/mol. The van der Waals surface area contributed by atoms with Crippen molar-refractivity contribution < 1.29 is 9.84 Å². The molecule has 0 unspecified atom stereocenters. The number of methoxy groups -OCH3 is 1. The molecule has 4 nitrogen and oxygen atoms in total. The summed E-state index contributed by atoms with van der Waals surface area (Å²) in [6.45, 7) is -0.0328. The number of hydrogen-bond donors (Lipinski definition) is 1. The van der Waals surface area contributed by atoms with E-state index in [9.17, 15) is 0 Å². The van der Waals surface area contributed by atoms with Gasteiger partial charge in [0.15, 0.2) is 0 Å². The lowest BCUT2D eigenvalue weighted by molar-refractivity contribution is 0.280. The molecule has 0 aliphatic rings. The van der Waals surface area contributed by atoms with Gasteiger partial charge in [-0.05, 0) is 6.07 Å². The second-order valence-electron chi connectivity index (χ2n) is 3.65. The van der Waals surface area contributed by atoms with Crippen LogP contribution in [0.4, 0.5) is 0 Å². The monoisotopic (exact) mass is 230 g/mol. The Labute approximate surface area is 99.9 Å². The van der Waals surface area contributed by atoms with Gasteiger partial charge in [-0.15, -0.1) is 0 Å². The predicted octanol–water partition coefficient (Wildman–Crippen LogP) is 1.57. The molecule has 0 aliphatic heterocycles. The van der Waals surface area contributed by atoms with Crippen LogP contribution in [0.5, 0.6) is 5.75 Å². The highest BCUT2D eigenvalue weighted by Gasteiger charge is 2.04. The van der Waals surface area contributed by atoms with E-state index in [0.717, 1.165) is 11.3 Å². The highest BCUT2D eigenvalue weighted by atomic mass is 16.5. The average Bonchev–Trinajstić information content (AvgIpc) is 2.40. The van der Waals surface area contributed by atoms with Crippen molar-refractivity contribution in [1.82, 2.24) is 9.97 Å². The summed E-state index contributed by atoms with van der Waals surface area (Å²) < 4.78 is 5.27. The number of aliphatic hydroxyl groups is 1. The van der Waals surface area contributed by atoms with E-state index < -0.39 is 0 Å². The molecule has 17 heavy (non-hydrogen) atoms. The minimum atomic E-state index is -0.0328. The third-order valence-electron chi connectivity index (χ3n) is 2.48. The normalized spacial score (nSPS) is 10.2. The third kappa shape index (κ3) is 2.79. The highest BCUT2D eigenvalue weighted by Crippen LogP contribution is 2.19. The summed E-state index contributed by atoms with van der Waals surface area (Å²) in [6, 6.07) is 7.79. The molecule has 1 aromatic heterocycles. The van der Waals surface area contributed by atoms with Crippen LogP contribution in [0.3, 0.4) is 0 Å². The van der Waals surface area contributed by atoms with Crippen LogP contribution in [0.2, 0.25) is 0 Å². The van der Waals surface area contributed by atoms with Crippen molar-refractivity contribution in [3.05, 3.63) is 53.6 Å². The van der Waals surface area contributed by atoms with E-state index in [1.807, 2.05) is 24.3 Å². The first-order valence-electron chi connectivity index (χ1n) is 5.36. The molecular formula is C13H14N2O2. The topological polar surface area (TPSA) is 55.2 Å². The van der Waals surface area contributed by atoms with Crippen molar-refractivity contribution in [1.29, 1.82) is 0 Å². The van der Waals surface area contributed by atoms with E-state index >= 15 is 0 Å². The summed E-state index contributed by atoms with van der Waals surface area (Å²) in [6.07, 6.45) is 3.89. The van der Waals surface area contributed by atoms with Crippen molar-refractivity contribution in [2.75, 3.05) is 7.11 Å². The maximum Gasteiger partial charge on any atom is 0.132 e. The molecule has 0 bridgehead atoms. The number of benzene rings is 1. The molecule has 1 aromatic carbocycles. The molecule has 0 spiro atoms. The molecule has 0 amide bonds. The van der Waals surface area contributed by atoms with Gasteiger partial charge in [-0.2, -0.15) is 0 Å². The van der Waals surface area contributed by atoms with Gasteiger partial charge in [0.05, 0.1) is 13.7 Å². The smallest absolute Gasteiger partial charge is 0.132 e. The van der Waals surface area contributed by atoms with Gasteiger partial charge in [0.25, 0.3) is 0 Å². The Bertz CT molecular complexity index is 483. The lowest BCUT2D eigenvalue weighted by Gasteiger charge is -2.07. The number of rotatable bonds is 4. The van der Waals surface area contributed by atoms with Crippen molar-refractivity contribution in [2.24, 2.45) is 0 Å². The second kappa shape index (κ2) is 5.41. The van der Waals surface area contributed by atoms with E-state index in [4.69, 9.17) is 9.84 Å². The Morgan fingerprint density at radius 1 is 1.18 bits per heavy atom. The van der Waals surface area contributed by atoms with Gasteiger partial charge in [0.2, 0.25) is 0 Å². The van der Waals surface area contributed by atoms with Crippen LogP contribution < -0.4 is 4.74 Å². The lowest BCUT2D eigenvalue weighted by Crippen LogP contribution is -1.99. The van der Waals surface area contributed by atoms with Gasteiger partial charge in [0, 0.05) is 29.9 Å². The zero-order valence-corrected chi connectivity index (χ0v) is 9.63. The molecule has 0 saturated carbocycles. The molecule has 0 radical (unpaired) electrons. The molecule has 2 aromatic rings. The van der Waals surface area contributed by atoms with Crippen LogP contribution >= 0.6 is 0 Å². The standard InChI is InChI=1S/C13H14N2O2/c1-17-12-5-3-2-4-11(12)6-13-14-7-10(9-16)8-15-13/h2-5,7-8,16H,6,9H2,1H3. The zero-order chi connectivity index (χ0) is 12.1. The number of aromatic nitrogens is 2. The second-order valence-corrected chi connectivity index (χ2v) is 3.65. The molecule has 4 heteroatoms. The quantitative estimate of drug-likeness (QED) is 0.866. The number of para-hydroxylation sites is 1. The van der Waals surface area contributed by atoms with Gasteiger partial charge in [-0.1, -0.05) is 18.2 Å². The van der Waals surface area contributed by atoms with E-state index in [0.29, 0.717) is 17.8 Å². The van der Waals surface area contributed by atoms with Crippen LogP contribution in [0.1, 0.15) is 17.0 Å². The molecule has 0 saturated heterocycles. The maximum absolute atomic E-state index is 8.90. The predicted molar refractivity (Wildman–Crippen MR) is 63.8 cm³/mol. The van der Waals surface area contributed by atoms with Gasteiger partial charge >= 0.3 is 0 Å². The van der Waals surface area contributed by atoms with Gasteiger partial charge < -0.3 is 9.84 Å². The van der Waals surface area contributed by atoms with E-state index in [2.05, 4.69) is 9.97 Å². The first kappa shape index (κ1) is 11.5. The highest BCUT2D eigenvalue weighted by molar-refractivity contribution is 5.35. The Kier molecular flexibility index (Phi) is 3.67. The maximum atomic E-state index is 8.90. The number of hydrogen-bond acceptors (Lipinski definition) is 4. The molecule has 88 valence electrons. The Morgan fingerprint density at radius 2 is 1.88 bits per heavy atom. The fourth-order valence-corrected chi connectivity index (χ4v) is 1.57. The van der Waals surface area contributed by atoms with Gasteiger partial charge in [0.1, 0.15) is 11.6 Å². The van der Waals surface area contributed by atoms with E-state index in [1.165, 1.54) is 0 Å². The third-order valence-corrected chi connectivity index (χ3v) is 2.48. The first-order valence-corrected chi connectivity index (χ1v) is 5.36. The van der Waals surface area contributed by atoms with Crippen molar-refractivity contribution in [3.8, 4) is 5.75 Å². The SMILES string of the molecule is COc1ccccc1Cc1ncc(CO)cn1. The molecule has 1 N–H and O–H groups in total. The molecule has 0 fully saturated rings. The lowest BCUT2D eigenvalue weighted by atomic mass is 10.1. The van der Waals surface area contributed by atoms with Crippen LogP contribution in [0.25, 0.3) is 0 Å². The minimum absolute atomic E-state index is 0.0328. The molecular weight excluding hydrogens is 216 g/mol. The Balaban J connectivity index is 2.19. The first-order chi connectivity index (χ1) is 8.33. The molecule has 0 atom stereocenters. The van der Waals surface area contributed by atoms with Gasteiger partial charge in [-0.3, -0.25) is 0 Å². The van der Waals surface area contributed by atoms with Crippen LogP contribution in [0.15, 0.2) is 36.7 Å². The summed E-state index contributed by atoms with van der Waals surface area (Å²) in [7, 11) is 1.65. The summed E-state index contributed by atoms with van der Waals surface area (Å²) in [5.74, 6) is 1.55. The summed E-state index contributed by atoms with van der Waals surface area (Å²) in [5, 5.41) is 8.90. The van der Waals surface area contributed by atoms with Gasteiger partial charge in [-0.25, -0.2) is 9.97 Å². The fraction of sp³-hybridized carbons (Fsp3) is 0.231. The number of ether oxygens (including phenoxy) is 1. The van der Waals surface area contributed by atoms with Crippen LogP contribution in [-0.4, -0.2) is 22.2 Å². The molecule has 2 rings (SSSR count). The summed E-state index contributed by atoms with van der Waals surface area (Å²) in [5.41, 5.74) is 1.76. The largest absolute Gasteiger partial charge is 0.496 e. The zero-order valence-electron chi connectivity index (χ0n) is 9.63. The number of nitrogens with zero attached hydrogens (tertiary/aromatic N) is 2. The summed E-state index contributed by atoms with van der Waals surface area (Å²) >= 11 is 0. The Hall–Kier alpha value is -1.94. The molecule has 0 aliphatic carbocycles. The molecule has 1 heterocycles. The van der Waals surface area contributed by atoms with Crippen molar-refractivity contribution in [2.45, 2.75) is 13.0 Å². The Morgan fingerprint density at radius 3 is 2.53 bits per heavy atom. The van der Waals surface area contributed by atoms with Crippen molar-refractivity contribution in [3.63, 3.8) is 0 Å². The fourth-order valence-electron chi connectivity index (χ4n) is 1.57. The summed E-state index contributed by atoms with van der Waals surface area (Å²) in [4.78, 5) is 8.39. The van der Waals surface area contributed by atoms with E-state index in [1.54, 1.807) is 19.5 Å². The minimum Gasteiger partial charge on any atom is -0.496 e. The van der Waals surface area contributed by atoms with Crippen LogP contribution in [-0.2, 0) is 13.0 Å². The van der Waals surface area contributed by atoms with Crippen molar-refractivity contribution >= 4 is 0 Å².